The van der Waals surface area contributed by atoms with Crippen LogP contribution in [0.4, 0.5) is 5.69 Å². The molecule has 7 heteroatoms. The second-order valence-corrected chi connectivity index (χ2v) is 5.61. The molecule has 0 radical (unpaired) electrons. The van der Waals surface area contributed by atoms with Gasteiger partial charge in [0, 0.05) is 10.2 Å². The summed E-state index contributed by atoms with van der Waals surface area (Å²) in [4.78, 5) is 19.0. The van der Waals surface area contributed by atoms with Crippen molar-refractivity contribution in [1.29, 1.82) is 0 Å². The van der Waals surface area contributed by atoms with Crippen LogP contribution in [0.3, 0.4) is 0 Å². The lowest BCUT2D eigenvalue weighted by Crippen LogP contribution is -2.35. The number of nitrogens with zero attached hydrogens (tertiary/aromatic N) is 3. The Labute approximate surface area is 135 Å². The summed E-state index contributed by atoms with van der Waals surface area (Å²) in [5.74, 6) is -0.262. The Morgan fingerprint density at radius 1 is 1.23 bits per heavy atom. The summed E-state index contributed by atoms with van der Waals surface area (Å²) >= 11 is 3.35. The topological polar surface area (TPSA) is 69.0 Å². The number of fused-ring (bicyclic) bond motifs is 1. The molecule has 0 saturated carbocycles. The van der Waals surface area contributed by atoms with Crippen LogP contribution < -0.4 is 10.2 Å². The van der Waals surface area contributed by atoms with Crippen molar-refractivity contribution in [2.75, 3.05) is 5.32 Å². The van der Waals surface area contributed by atoms with E-state index >= 15 is 0 Å². The standard InChI is InChI=1S/C15H13BrN4O2/c1-10(15(21)17-12-8-6-11(16)7-9-12)22-20-14-5-3-2-4-13(14)18-19-20/h2-10H,1H3,(H,17,21)/t10-/m0/s1. The highest BCUT2D eigenvalue weighted by Gasteiger charge is 2.17. The van der Waals surface area contributed by atoms with Crippen molar-refractivity contribution in [3.05, 3.63) is 53.0 Å². The van der Waals surface area contributed by atoms with Crippen molar-refractivity contribution in [2.45, 2.75) is 13.0 Å². The lowest BCUT2D eigenvalue weighted by molar-refractivity contribution is -0.127. The van der Waals surface area contributed by atoms with Crippen molar-refractivity contribution in [1.82, 2.24) is 15.2 Å². The summed E-state index contributed by atoms with van der Waals surface area (Å²) in [5.41, 5.74) is 2.13. The van der Waals surface area contributed by atoms with E-state index in [2.05, 4.69) is 31.6 Å². The summed E-state index contributed by atoms with van der Waals surface area (Å²) in [5, 5.41) is 10.7. The third-order valence-electron chi connectivity index (χ3n) is 3.06. The zero-order valence-electron chi connectivity index (χ0n) is 11.7. The van der Waals surface area contributed by atoms with Gasteiger partial charge in [-0.25, -0.2) is 0 Å². The summed E-state index contributed by atoms with van der Waals surface area (Å²) < 4.78 is 0.948. The fourth-order valence-corrected chi connectivity index (χ4v) is 2.16. The molecule has 3 aromatic rings. The van der Waals surface area contributed by atoms with E-state index in [1.165, 1.54) is 4.85 Å². The van der Waals surface area contributed by atoms with Gasteiger partial charge >= 0.3 is 0 Å². The Balaban J connectivity index is 1.69. The minimum atomic E-state index is -0.714. The fraction of sp³-hybridized carbons (Fsp3) is 0.133. The molecule has 1 atom stereocenters. The molecule has 22 heavy (non-hydrogen) atoms. The lowest BCUT2D eigenvalue weighted by Gasteiger charge is -2.13. The quantitative estimate of drug-likeness (QED) is 0.776. The highest BCUT2D eigenvalue weighted by Crippen LogP contribution is 2.14. The van der Waals surface area contributed by atoms with E-state index in [1.807, 2.05) is 36.4 Å². The van der Waals surface area contributed by atoms with Crippen LogP contribution in [0.5, 0.6) is 0 Å². The zero-order valence-corrected chi connectivity index (χ0v) is 13.3. The van der Waals surface area contributed by atoms with E-state index in [0.717, 1.165) is 4.47 Å². The highest BCUT2D eigenvalue weighted by molar-refractivity contribution is 9.10. The molecule has 0 spiro atoms. The summed E-state index contributed by atoms with van der Waals surface area (Å²) in [6.45, 7) is 1.66. The number of carbonyl (C=O) groups is 1. The number of aromatic nitrogens is 3. The van der Waals surface area contributed by atoms with Gasteiger partial charge in [0.05, 0.1) is 0 Å². The second-order valence-electron chi connectivity index (χ2n) is 4.69. The third kappa shape index (κ3) is 3.09. The molecule has 0 aliphatic carbocycles. The first kappa shape index (κ1) is 14.5. The molecule has 2 aromatic carbocycles. The van der Waals surface area contributed by atoms with Gasteiger partial charge < -0.3 is 10.2 Å². The Bertz CT molecular complexity index is 801. The number of rotatable bonds is 4. The first-order chi connectivity index (χ1) is 10.6. The number of nitrogens with one attached hydrogen (secondary N) is 1. The van der Waals surface area contributed by atoms with Crippen molar-refractivity contribution in [2.24, 2.45) is 0 Å². The summed E-state index contributed by atoms with van der Waals surface area (Å²) in [6, 6.07) is 14.7. The molecule has 0 unspecified atom stereocenters. The van der Waals surface area contributed by atoms with Crippen molar-refractivity contribution < 1.29 is 9.63 Å². The molecule has 0 fully saturated rings. The Kier molecular flexibility index (Phi) is 4.06. The van der Waals surface area contributed by atoms with Gasteiger partial charge in [-0.1, -0.05) is 32.9 Å². The predicted octanol–water partition coefficient (Wildman–Crippen LogP) is 2.65. The van der Waals surface area contributed by atoms with Gasteiger partial charge in [0.1, 0.15) is 11.0 Å². The average molecular weight is 361 g/mol. The molecule has 1 N–H and O–H groups in total. The first-order valence-electron chi connectivity index (χ1n) is 6.67. The van der Waals surface area contributed by atoms with Gasteiger partial charge in [-0.05, 0) is 48.5 Å². The van der Waals surface area contributed by atoms with E-state index in [4.69, 9.17) is 4.84 Å². The highest BCUT2D eigenvalue weighted by atomic mass is 79.9. The van der Waals surface area contributed by atoms with E-state index < -0.39 is 6.10 Å². The molecule has 1 amide bonds. The number of hydrogen-bond acceptors (Lipinski definition) is 4. The Hall–Kier alpha value is -2.41. The van der Waals surface area contributed by atoms with Gasteiger partial charge in [-0.15, -0.1) is 5.10 Å². The van der Waals surface area contributed by atoms with E-state index in [9.17, 15) is 4.79 Å². The zero-order chi connectivity index (χ0) is 15.5. The maximum absolute atomic E-state index is 12.2. The number of hydrogen-bond donors (Lipinski definition) is 1. The molecule has 1 aromatic heterocycles. The lowest BCUT2D eigenvalue weighted by atomic mass is 10.3. The van der Waals surface area contributed by atoms with Gasteiger partial charge in [0.2, 0.25) is 6.10 Å². The molecule has 0 saturated heterocycles. The number of anilines is 1. The van der Waals surface area contributed by atoms with E-state index in [0.29, 0.717) is 16.7 Å². The Morgan fingerprint density at radius 2 is 1.95 bits per heavy atom. The normalized spacial score (nSPS) is 12.1. The molecule has 0 aliphatic heterocycles. The molecule has 6 nitrogen and oxygen atoms in total. The maximum atomic E-state index is 12.2. The molecule has 0 aliphatic rings. The predicted molar refractivity (Wildman–Crippen MR) is 86.3 cm³/mol. The third-order valence-corrected chi connectivity index (χ3v) is 3.59. The summed E-state index contributed by atoms with van der Waals surface area (Å²) in [7, 11) is 0. The van der Waals surface area contributed by atoms with Crippen LogP contribution in [-0.2, 0) is 4.79 Å². The van der Waals surface area contributed by atoms with E-state index in [-0.39, 0.29) is 5.91 Å². The van der Waals surface area contributed by atoms with Crippen LogP contribution in [0.25, 0.3) is 11.0 Å². The van der Waals surface area contributed by atoms with Crippen LogP contribution in [-0.4, -0.2) is 27.2 Å². The second kappa shape index (κ2) is 6.15. The molecular weight excluding hydrogens is 348 g/mol. The van der Waals surface area contributed by atoms with Crippen molar-refractivity contribution in [3.8, 4) is 0 Å². The Morgan fingerprint density at radius 3 is 2.73 bits per heavy atom. The number of amides is 1. The van der Waals surface area contributed by atoms with Crippen LogP contribution in [0, 0.1) is 0 Å². The SMILES string of the molecule is C[C@H](On1nnc2ccccc21)C(=O)Nc1ccc(Br)cc1. The van der Waals surface area contributed by atoms with Crippen molar-refractivity contribution in [3.63, 3.8) is 0 Å². The van der Waals surface area contributed by atoms with Gasteiger partial charge in [0.25, 0.3) is 5.91 Å². The molecule has 0 bridgehead atoms. The fourth-order valence-electron chi connectivity index (χ4n) is 1.90. The van der Waals surface area contributed by atoms with Gasteiger partial charge in [-0.3, -0.25) is 4.79 Å². The van der Waals surface area contributed by atoms with E-state index in [1.54, 1.807) is 19.1 Å². The molecule has 3 rings (SSSR count). The minimum absolute atomic E-state index is 0.262. The number of carbonyl (C=O) groups excluding carboxylic acids is 1. The largest absolute Gasteiger partial charge is 0.382 e. The monoisotopic (exact) mass is 360 g/mol. The minimum Gasteiger partial charge on any atom is -0.382 e. The smallest absolute Gasteiger partial charge is 0.267 e. The molecular formula is C15H13BrN4O2. The number of halogens is 1. The summed E-state index contributed by atoms with van der Waals surface area (Å²) in [6.07, 6.45) is -0.714. The first-order valence-corrected chi connectivity index (χ1v) is 7.47. The molecule has 1 heterocycles. The average Bonchev–Trinajstić information content (AvgIpc) is 2.93. The maximum Gasteiger partial charge on any atom is 0.267 e. The van der Waals surface area contributed by atoms with Crippen LogP contribution in [0.2, 0.25) is 0 Å². The van der Waals surface area contributed by atoms with Crippen LogP contribution in [0.15, 0.2) is 53.0 Å². The number of benzene rings is 2. The van der Waals surface area contributed by atoms with Gasteiger partial charge in [0.15, 0.2) is 0 Å². The van der Waals surface area contributed by atoms with Crippen LogP contribution >= 0.6 is 15.9 Å². The van der Waals surface area contributed by atoms with Gasteiger partial charge in [-0.2, -0.15) is 0 Å². The molecule has 112 valence electrons. The number of para-hydroxylation sites is 1. The van der Waals surface area contributed by atoms with Crippen LogP contribution in [0.1, 0.15) is 6.92 Å². The van der Waals surface area contributed by atoms with Crippen molar-refractivity contribution >= 4 is 38.6 Å².